The number of rotatable bonds is 6. The number of carbonyl (C=O) groups excluding carboxylic acids is 1. The van der Waals surface area contributed by atoms with Crippen molar-refractivity contribution in [3.63, 3.8) is 0 Å². The van der Waals surface area contributed by atoms with Crippen LogP contribution in [0.25, 0.3) is 0 Å². The van der Waals surface area contributed by atoms with E-state index in [2.05, 4.69) is 23.9 Å². The van der Waals surface area contributed by atoms with Crippen LogP contribution in [0.4, 0.5) is 11.4 Å². The molecule has 0 saturated carbocycles. The van der Waals surface area contributed by atoms with Crippen LogP contribution < -0.4 is 10.0 Å². The zero-order chi connectivity index (χ0) is 21.0. The van der Waals surface area contributed by atoms with Crippen molar-refractivity contribution in [2.45, 2.75) is 31.6 Å². The van der Waals surface area contributed by atoms with Crippen molar-refractivity contribution >= 4 is 27.3 Å². The molecule has 5 nitrogen and oxygen atoms in total. The Morgan fingerprint density at radius 1 is 0.862 bits per heavy atom. The first-order valence-corrected chi connectivity index (χ1v) is 10.8. The highest BCUT2D eigenvalue weighted by Crippen LogP contribution is 2.23. The molecule has 3 aromatic rings. The number of hydrogen-bond acceptors (Lipinski definition) is 3. The van der Waals surface area contributed by atoms with Crippen LogP contribution in [0.15, 0.2) is 77.7 Å². The molecule has 1 amide bonds. The minimum Gasteiger partial charge on any atom is -0.322 e. The van der Waals surface area contributed by atoms with Gasteiger partial charge in [0, 0.05) is 5.69 Å². The summed E-state index contributed by atoms with van der Waals surface area (Å²) in [5.41, 5.74) is 3.26. The molecule has 0 aliphatic carbocycles. The van der Waals surface area contributed by atoms with Gasteiger partial charge in [0.1, 0.15) is 0 Å². The summed E-state index contributed by atoms with van der Waals surface area (Å²) in [4.78, 5) is 12.9. The highest BCUT2D eigenvalue weighted by atomic mass is 32.2. The molecule has 0 heterocycles. The van der Waals surface area contributed by atoms with Gasteiger partial charge in [-0.15, -0.1) is 0 Å². The summed E-state index contributed by atoms with van der Waals surface area (Å²) in [6.07, 6.45) is 0. The van der Waals surface area contributed by atoms with E-state index in [9.17, 15) is 13.2 Å². The molecule has 6 heteroatoms. The maximum absolute atomic E-state index is 12.8. The predicted molar refractivity (Wildman–Crippen MR) is 117 cm³/mol. The van der Waals surface area contributed by atoms with E-state index in [0.29, 0.717) is 11.6 Å². The van der Waals surface area contributed by atoms with Gasteiger partial charge in [0.25, 0.3) is 15.9 Å². The van der Waals surface area contributed by atoms with Gasteiger partial charge in [-0.1, -0.05) is 55.8 Å². The van der Waals surface area contributed by atoms with Crippen molar-refractivity contribution in [1.29, 1.82) is 0 Å². The first-order valence-electron chi connectivity index (χ1n) is 9.36. The second-order valence-electron chi connectivity index (χ2n) is 7.19. The van der Waals surface area contributed by atoms with Gasteiger partial charge in [0.15, 0.2) is 0 Å². The standard InChI is InChI=1S/C23H24N2O3S/c1-16(2)18-10-12-19(13-11-18)24-23(26)21-6-4-5-7-22(21)25-29(27,28)20-14-8-17(3)9-15-20/h4-16,25H,1-3H3,(H,24,26). The third kappa shape index (κ3) is 5.03. The van der Waals surface area contributed by atoms with Crippen molar-refractivity contribution in [2.75, 3.05) is 10.0 Å². The van der Waals surface area contributed by atoms with Crippen LogP contribution in [0, 0.1) is 6.92 Å². The molecule has 3 aromatic carbocycles. The fourth-order valence-corrected chi connectivity index (χ4v) is 3.92. The van der Waals surface area contributed by atoms with E-state index < -0.39 is 10.0 Å². The van der Waals surface area contributed by atoms with Crippen molar-refractivity contribution in [1.82, 2.24) is 0 Å². The van der Waals surface area contributed by atoms with Gasteiger partial charge in [-0.25, -0.2) is 8.42 Å². The van der Waals surface area contributed by atoms with Gasteiger partial charge in [-0.05, 0) is 54.8 Å². The molecular weight excluding hydrogens is 384 g/mol. The van der Waals surface area contributed by atoms with E-state index >= 15 is 0 Å². The average molecular weight is 409 g/mol. The largest absolute Gasteiger partial charge is 0.322 e. The molecule has 0 radical (unpaired) electrons. The third-order valence-electron chi connectivity index (χ3n) is 4.58. The summed E-state index contributed by atoms with van der Waals surface area (Å²) in [5, 5.41) is 2.82. The molecule has 2 N–H and O–H groups in total. The van der Waals surface area contributed by atoms with Crippen LogP contribution in [-0.4, -0.2) is 14.3 Å². The van der Waals surface area contributed by atoms with Crippen molar-refractivity contribution in [2.24, 2.45) is 0 Å². The molecule has 0 fully saturated rings. The van der Waals surface area contributed by atoms with Gasteiger partial charge in [-0.2, -0.15) is 0 Å². The Morgan fingerprint density at radius 2 is 1.48 bits per heavy atom. The minimum absolute atomic E-state index is 0.141. The first-order chi connectivity index (χ1) is 13.8. The molecule has 0 bridgehead atoms. The van der Waals surface area contributed by atoms with Crippen molar-refractivity contribution < 1.29 is 13.2 Å². The number of para-hydroxylation sites is 1. The highest BCUT2D eigenvalue weighted by molar-refractivity contribution is 7.92. The zero-order valence-electron chi connectivity index (χ0n) is 16.6. The van der Waals surface area contributed by atoms with Gasteiger partial charge in [0.2, 0.25) is 0 Å². The Morgan fingerprint density at radius 3 is 2.10 bits per heavy atom. The first kappa shape index (κ1) is 20.6. The van der Waals surface area contributed by atoms with Gasteiger partial charge in [0.05, 0.1) is 16.1 Å². The summed E-state index contributed by atoms with van der Waals surface area (Å²) in [6.45, 7) is 6.09. The molecule has 0 saturated heterocycles. The lowest BCUT2D eigenvalue weighted by Gasteiger charge is -2.13. The SMILES string of the molecule is Cc1ccc(S(=O)(=O)Nc2ccccc2C(=O)Nc2ccc(C(C)C)cc2)cc1. The van der Waals surface area contributed by atoms with Crippen LogP contribution in [0.3, 0.4) is 0 Å². The molecule has 0 unspecified atom stereocenters. The number of anilines is 2. The van der Waals surface area contributed by atoms with Gasteiger partial charge in [-0.3, -0.25) is 9.52 Å². The monoisotopic (exact) mass is 408 g/mol. The summed E-state index contributed by atoms with van der Waals surface area (Å²) in [5.74, 6) is 0.0150. The van der Waals surface area contributed by atoms with E-state index in [4.69, 9.17) is 0 Å². The molecule has 0 spiro atoms. The fraction of sp³-hybridized carbons (Fsp3) is 0.174. The average Bonchev–Trinajstić information content (AvgIpc) is 2.69. The molecule has 0 aromatic heterocycles. The van der Waals surface area contributed by atoms with E-state index in [-0.39, 0.29) is 22.1 Å². The lowest BCUT2D eigenvalue weighted by molar-refractivity contribution is 0.102. The molecule has 29 heavy (non-hydrogen) atoms. The Labute approximate surface area is 171 Å². The highest BCUT2D eigenvalue weighted by Gasteiger charge is 2.18. The van der Waals surface area contributed by atoms with Crippen LogP contribution >= 0.6 is 0 Å². The maximum Gasteiger partial charge on any atom is 0.261 e. The number of sulfonamides is 1. The normalized spacial score (nSPS) is 11.3. The maximum atomic E-state index is 12.8. The van der Waals surface area contributed by atoms with Crippen LogP contribution in [-0.2, 0) is 10.0 Å². The topological polar surface area (TPSA) is 75.3 Å². The summed E-state index contributed by atoms with van der Waals surface area (Å²) in [7, 11) is -3.80. The Hall–Kier alpha value is -3.12. The summed E-state index contributed by atoms with van der Waals surface area (Å²) < 4.78 is 27.9. The molecule has 0 aliphatic heterocycles. The quantitative estimate of drug-likeness (QED) is 0.591. The lowest BCUT2D eigenvalue weighted by Crippen LogP contribution is -2.18. The number of nitrogens with one attached hydrogen (secondary N) is 2. The molecular formula is C23H24N2O3S. The lowest BCUT2D eigenvalue weighted by atomic mass is 10.0. The molecule has 3 rings (SSSR count). The van der Waals surface area contributed by atoms with Gasteiger partial charge >= 0.3 is 0 Å². The zero-order valence-corrected chi connectivity index (χ0v) is 17.5. The number of carbonyl (C=O) groups is 1. The Kier molecular flexibility index (Phi) is 6.03. The van der Waals surface area contributed by atoms with Gasteiger partial charge < -0.3 is 5.32 Å². The van der Waals surface area contributed by atoms with Crippen LogP contribution in [0.1, 0.15) is 41.3 Å². The van der Waals surface area contributed by atoms with Crippen LogP contribution in [0.5, 0.6) is 0 Å². The molecule has 0 atom stereocenters. The summed E-state index contributed by atoms with van der Waals surface area (Å²) in [6, 6.07) is 20.7. The van der Waals surface area contributed by atoms with E-state index in [1.165, 1.54) is 17.7 Å². The van der Waals surface area contributed by atoms with E-state index in [1.54, 1.807) is 36.4 Å². The minimum atomic E-state index is -3.80. The number of hydrogen-bond donors (Lipinski definition) is 2. The number of benzene rings is 3. The fourth-order valence-electron chi connectivity index (χ4n) is 2.84. The van der Waals surface area contributed by atoms with Crippen molar-refractivity contribution in [3.8, 4) is 0 Å². The van der Waals surface area contributed by atoms with Crippen LogP contribution in [0.2, 0.25) is 0 Å². The smallest absolute Gasteiger partial charge is 0.261 e. The Bertz CT molecular complexity index is 1100. The van der Waals surface area contributed by atoms with E-state index in [0.717, 1.165) is 5.56 Å². The molecule has 0 aliphatic rings. The van der Waals surface area contributed by atoms with Crippen molar-refractivity contribution in [3.05, 3.63) is 89.5 Å². The number of amides is 1. The molecule has 150 valence electrons. The summed E-state index contributed by atoms with van der Waals surface area (Å²) >= 11 is 0. The second kappa shape index (κ2) is 8.49. The predicted octanol–water partition coefficient (Wildman–Crippen LogP) is 5.17. The van der Waals surface area contributed by atoms with E-state index in [1.807, 2.05) is 31.2 Å². The number of aryl methyl sites for hydroxylation is 1. The third-order valence-corrected chi connectivity index (χ3v) is 5.96. The Balaban J connectivity index is 1.82. The second-order valence-corrected chi connectivity index (χ2v) is 8.88.